The van der Waals surface area contributed by atoms with E-state index in [0.717, 1.165) is 16.7 Å². The van der Waals surface area contributed by atoms with Crippen molar-refractivity contribution in [1.82, 2.24) is 34.6 Å². The molecule has 8 N–H and O–H groups in total. The lowest BCUT2D eigenvalue weighted by Gasteiger charge is -2.39. The monoisotopic (exact) mass is 1010 g/mol. The van der Waals surface area contributed by atoms with Gasteiger partial charge in [0.05, 0.1) is 60.2 Å². The number of imide groups is 1. The summed E-state index contributed by atoms with van der Waals surface area (Å²) in [6.07, 6.45) is -0.585. The van der Waals surface area contributed by atoms with Gasteiger partial charge < -0.3 is 55.2 Å². The zero-order valence-corrected chi connectivity index (χ0v) is 42.7. The fourth-order valence-corrected chi connectivity index (χ4v) is 11.3. The molecule has 5 aliphatic heterocycles. The minimum absolute atomic E-state index is 0.0600. The summed E-state index contributed by atoms with van der Waals surface area (Å²) in [5, 5.41) is 40.2. The summed E-state index contributed by atoms with van der Waals surface area (Å²) in [7, 11) is 1.73. The first-order valence-electron chi connectivity index (χ1n) is 24.9. The van der Waals surface area contributed by atoms with Gasteiger partial charge in [0, 0.05) is 98.5 Å². The van der Waals surface area contributed by atoms with Gasteiger partial charge in [-0.3, -0.25) is 29.2 Å². The number of nitrogens with one attached hydrogen (secondary N) is 2. The van der Waals surface area contributed by atoms with E-state index in [0.29, 0.717) is 138 Å². The van der Waals surface area contributed by atoms with Crippen LogP contribution in [0.15, 0.2) is 24.3 Å². The van der Waals surface area contributed by atoms with Crippen LogP contribution in [0.25, 0.3) is 39.3 Å². The zero-order valence-electron chi connectivity index (χ0n) is 41.9. The number of H-pyrrole nitrogens is 2. The number of hydrogen-bond acceptors (Lipinski definition) is 16. The number of aliphatic hydroxyl groups is 4. The molecule has 8 rings (SSSR count). The van der Waals surface area contributed by atoms with Crippen LogP contribution in [-0.4, -0.2) is 187 Å². The van der Waals surface area contributed by atoms with Crippen LogP contribution in [0.3, 0.4) is 0 Å². The highest BCUT2D eigenvalue weighted by Crippen LogP contribution is 2.44. The highest BCUT2D eigenvalue weighted by atomic mass is 32.2. The highest BCUT2D eigenvalue weighted by Gasteiger charge is 2.44. The third kappa shape index (κ3) is 10.7. The molecule has 19 nitrogen and oxygen atoms in total. The SMILES string of the molecule is CCC1=C(C)c2cc3[nH]c(cc4nc(c5c6[nH]c(cc1n2)c(C)c6C(=O)N(CCN1CCOCC1)C5=O)[C@@H](CCC(=O)N(C)CCN)[C@@H]4C)c(C)c3/C=C/C(=O)OCCCS[C@@H]1O[C@H](CO)[C@@H](O)[C@H](O)[C@H]1O. The molecular formula is C52H68N8O11S. The molecule has 3 amide bonds. The lowest BCUT2D eigenvalue weighted by atomic mass is 9.84. The van der Waals surface area contributed by atoms with E-state index in [2.05, 4.69) is 21.8 Å². The molecule has 2 fully saturated rings. The largest absolute Gasteiger partial charge is 0.462 e. The number of carbonyl (C=O) groups is 4. The van der Waals surface area contributed by atoms with Crippen molar-refractivity contribution >= 4 is 74.7 Å². The number of morpholine rings is 1. The van der Waals surface area contributed by atoms with Gasteiger partial charge in [0.1, 0.15) is 29.9 Å². The fraction of sp³-hybridized carbons (Fsp3) is 0.538. The van der Waals surface area contributed by atoms with Crippen LogP contribution in [0.1, 0.15) is 118 Å². The number of allylic oxidation sites excluding steroid dienone is 2. The average molecular weight is 1010 g/mol. The molecule has 0 radical (unpaired) electrons. The number of carbonyl (C=O) groups excluding carboxylic acids is 4. The van der Waals surface area contributed by atoms with Crippen LogP contribution < -0.4 is 5.73 Å². The molecule has 8 bridgehead atoms. The first-order valence-corrected chi connectivity index (χ1v) is 26.0. The summed E-state index contributed by atoms with van der Waals surface area (Å²) in [5.74, 6) is -1.75. The van der Waals surface area contributed by atoms with Crippen molar-refractivity contribution in [3.8, 4) is 0 Å². The first-order chi connectivity index (χ1) is 34.6. The maximum absolute atomic E-state index is 15.1. The minimum Gasteiger partial charge on any atom is -0.462 e. The Kier molecular flexibility index (Phi) is 16.8. The number of nitrogens with zero attached hydrogens (tertiary/aromatic N) is 5. The number of amides is 3. The molecule has 72 heavy (non-hydrogen) atoms. The van der Waals surface area contributed by atoms with Crippen molar-refractivity contribution in [3.63, 3.8) is 0 Å². The predicted molar refractivity (Wildman–Crippen MR) is 274 cm³/mol. The van der Waals surface area contributed by atoms with E-state index < -0.39 is 54.3 Å². The Morgan fingerprint density at radius 1 is 0.958 bits per heavy atom. The highest BCUT2D eigenvalue weighted by molar-refractivity contribution is 7.99. The van der Waals surface area contributed by atoms with E-state index in [1.807, 2.05) is 45.9 Å². The average Bonchev–Trinajstić information content (AvgIpc) is 4.05. The molecule has 2 saturated heterocycles. The molecule has 0 saturated carbocycles. The summed E-state index contributed by atoms with van der Waals surface area (Å²) in [6, 6.07) is 5.85. The molecule has 0 aromatic carbocycles. The molecule has 5 aliphatic rings. The van der Waals surface area contributed by atoms with Crippen molar-refractivity contribution in [2.75, 3.05) is 78.5 Å². The smallest absolute Gasteiger partial charge is 0.330 e. The van der Waals surface area contributed by atoms with E-state index in [4.69, 9.17) is 29.9 Å². The standard InChI is InChI=1S/C52H68N8O11S/c1-7-31-27(2)35-24-39-32(10-12-42(63)70-19-8-22-72-52-49(66)48(65)47(64)40(26-61)71-52)28(3)34(55-39)23-36-29(4)33(9-11-41(62)58(6)14-13-53)45(56-36)44-46-43(30(5)37(57-46)25-38(31)54-35)50(67)60(51(44)68)16-15-59-17-20-69-21-18-59/h10,12,23-25,29,33,40,47-49,52,55,57,61,64-66H,7-9,11,13-22,26,53H2,1-6H3/b12-10+,34-23?,35-24?,36-23?,37-25?,38-25?,39-24?,45-44?/t29-,33-,40+,47+,48-,49+,52-/m0/s1. The summed E-state index contributed by atoms with van der Waals surface area (Å²) in [4.78, 5) is 79.3. The number of rotatable bonds is 17. The van der Waals surface area contributed by atoms with Crippen molar-refractivity contribution in [2.24, 2.45) is 5.73 Å². The van der Waals surface area contributed by atoms with Gasteiger partial charge in [0.2, 0.25) is 5.91 Å². The molecule has 7 atom stereocenters. The molecule has 0 aliphatic carbocycles. The van der Waals surface area contributed by atoms with Gasteiger partial charge in [-0.2, -0.15) is 0 Å². The number of nitrogens with two attached hydrogens (primary N) is 1. The van der Waals surface area contributed by atoms with Gasteiger partial charge in [-0.15, -0.1) is 11.8 Å². The Bertz CT molecular complexity index is 2800. The molecule has 20 heteroatoms. The van der Waals surface area contributed by atoms with Gasteiger partial charge in [0.25, 0.3) is 11.8 Å². The third-order valence-corrected chi connectivity index (χ3v) is 15.9. The summed E-state index contributed by atoms with van der Waals surface area (Å²) in [5.41, 5.74) is 14.9. The van der Waals surface area contributed by atoms with Crippen LogP contribution >= 0.6 is 11.8 Å². The number of likely N-dealkylation sites (N-methyl/N-ethyl adjacent to an activating group) is 1. The zero-order chi connectivity index (χ0) is 51.5. The Morgan fingerprint density at radius 3 is 2.40 bits per heavy atom. The maximum Gasteiger partial charge on any atom is 0.330 e. The van der Waals surface area contributed by atoms with Gasteiger partial charge in [-0.05, 0) is 92.3 Å². The molecule has 388 valence electrons. The van der Waals surface area contributed by atoms with E-state index in [1.165, 1.54) is 22.7 Å². The van der Waals surface area contributed by atoms with Crippen molar-refractivity contribution < 1.29 is 53.8 Å². The number of aromatic amines is 2. The number of thioether (sulfide) groups is 1. The number of ether oxygens (including phenoxy) is 3. The first kappa shape index (κ1) is 53.0. The van der Waals surface area contributed by atoms with Crippen LogP contribution in [0.4, 0.5) is 0 Å². The van der Waals surface area contributed by atoms with E-state index in [-0.39, 0.29) is 37.3 Å². The molecule has 8 heterocycles. The Labute approximate surface area is 422 Å². The van der Waals surface area contributed by atoms with Crippen LogP contribution in [-0.2, 0) is 23.8 Å². The Hall–Kier alpha value is -5.29. The Morgan fingerprint density at radius 2 is 1.68 bits per heavy atom. The van der Waals surface area contributed by atoms with Crippen molar-refractivity contribution in [2.45, 2.75) is 102 Å². The molecule has 0 unspecified atom stereocenters. The van der Waals surface area contributed by atoms with Gasteiger partial charge in [-0.1, -0.05) is 13.8 Å². The lowest BCUT2D eigenvalue weighted by molar-refractivity contribution is -0.205. The molecule has 3 aromatic rings. The van der Waals surface area contributed by atoms with Crippen molar-refractivity contribution in [3.05, 3.63) is 74.9 Å². The molecule has 3 aromatic heterocycles. The van der Waals surface area contributed by atoms with E-state index in [9.17, 15) is 34.8 Å². The van der Waals surface area contributed by atoms with E-state index >= 15 is 4.79 Å². The van der Waals surface area contributed by atoms with Crippen LogP contribution in [0, 0.1) is 13.8 Å². The summed E-state index contributed by atoms with van der Waals surface area (Å²) < 4.78 is 16.7. The van der Waals surface area contributed by atoms with Gasteiger partial charge in [0.15, 0.2) is 0 Å². The second-order valence-electron chi connectivity index (χ2n) is 19.2. The summed E-state index contributed by atoms with van der Waals surface area (Å²) >= 11 is 1.18. The minimum atomic E-state index is -1.47. The second-order valence-corrected chi connectivity index (χ2v) is 20.4. The number of hydrogen-bond donors (Lipinski definition) is 7. The lowest BCUT2D eigenvalue weighted by Crippen LogP contribution is -2.57. The normalized spacial score (nSPS) is 23.7. The predicted octanol–water partition coefficient (Wildman–Crippen LogP) is 3.76. The Balaban J connectivity index is 1.20. The van der Waals surface area contributed by atoms with Crippen LogP contribution in [0.5, 0.6) is 0 Å². The van der Waals surface area contributed by atoms with Gasteiger partial charge in [-0.25, -0.2) is 9.78 Å². The number of aliphatic hydroxyl groups excluding tert-OH is 4. The third-order valence-electron chi connectivity index (χ3n) is 14.7. The number of aromatic nitrogens is 4. The molecular weight excluding hydrogens is 945 g/mol. The van der Waals surface area contributed by atoms with Gasteiger partial charge >= 0.3 is 5.97 Å². The molecule has 0 spiro atoms. The number of aryl methyl sites for hydroxylation is 2. The summed E-state index contributed by atoms with van der Waals surface area (Å²) in [6.45, 7) is 13.4. The quantitative estimate of drug-likeness (QED) is 0.0439. The maximum atomic E-state index is 15.1. The fourth-order valence-electron chi connectivity index (χ4n) is 10.3. The van der Waals surface area contributed by atoms with E-state index in [1.54, 1.807) is 18.0 Å². The topological polar surface area (TPSA) is 270 Å². The number of esters is 1. The van der Waals surface area contributed by atoms with Crippen molar-refractivity contribution in [1.29, 1.82) is 0 Å². The number of fused-ring (bicyclic) bond motifs is 8. The second kappa shape index (κ2) is 22.9. The van der Waals surface area contributed by atoms with Crippen LogP contribution in [0.2, 0.25) is 0 Å².